The first-order valence-electron chi connectivity index (χ1n) is 6.99. The van der Waals surface area contributed by atoms with E-state index in [9.17, 15) is 0 Å². The minimum atomic E-state index is 0.518. The molecule has 2 aromatic rings. The van der Waals surface area contributed by atoms with Crippen molar-refractivity contribution in [2.75, 3.05) is 6.54 Å². The molecule has 0 fully saturated rings. The summed E-state index contributed by atoms with van der Waals surface area (Å²) in [5.74, 6) is 1.31. The molecule has 3 atom stereocenters. The van der Waals surface area contributed by atoms with Gasteiger partial charge in [-0.3, -0.25) is 0 Å². The Balaban J connectivity index is 2.23. The van der Waals surface area contributed by atoms with E-state index in [0.717, 1.165) is 6.54 Å². The zero-order valence-electron chi connectivity index (χ0n) is 11.4. The van der Waals surface area contributed by atoms with Crippen LogP contribution < -0.4 is 5.32 Å². The fourth-order valence-electron chi connectivity index (χ4n) is 3.44. The van der Waals surface area contributed by atoms with Gasteiger partial charge in [0.2, 0.25) is 0 Å². The van der Waals surface area contributed by atoms with Gasteiger partial charge in [-0.25, -0.2) is 0 Å². The van der Waals surface area contributed by atoms with Crippen molar-refractivity contribution in [3.05, 3.63) is 47.5 Å². The van der Waals surface area contributed by atoms with Gasteiger partial charge in [-0.1, -0.05) is 57.2 Å². The molecule has 0 heterocycles. The Kier molecular flexibility index (Phi) is 2.87. The number of nitrogens with one attached hydrogen (secondary N) is 1. The maximum absolute atomic E-state index is 3.65. The summed E-state index contributed by atoms with van der Waals surface area (Å²) in [5.41, 5.74) is 3.07. The number of hydrogen-bond acceptors (Lipinski definition) is 1. The third kappa shape index (κ3) is 1.58. The van der Waals surface area contributed by atoms with Crippen molar-refractivity contribution in [2.24, 2.45) is 5.92 Å². The standard InChI is InChI=1S/C17H21N/c1-4-18-17-12(3)11(2)16-14-8-6-5-7-13(14)9-10-15(16)17/h5-12,17-18H,4H2,1-3H3. The van der Waals surface area contributed by atoms with Crippen molar-refractivity contribution >= 4 is 10.8 Å². The largest absolute Gasteiger partial charge is 0.310 e. The van der Waals surface area contributed by atoms with E-state index in [-0.39, 0.29) is 0 Å². The molecule has 1 nitrogen and oxygen atoms in total. The Morgan fingerprint density at radius 3 is 2.61 bits per heavy atom. The van der Waals surface area contributed by atoms with E-state index in [0.29, 0.717) is 17.9 Å². The number of benzene rings is 2. The van der Waals surface area contributed by atoms with Crippen molar-refractivity contribution in [3.63, 3.8) is 0 Å². The highest BCUT2D eigenvalue weighted by atomic mass is 14.9. The van der Waals surface area contributed by atoms with Crippen LogP contribution in [0.1, 0.15) is 43.9 Å². The quantitative estimate of drug-likeness (QED) is 0.826. The van der Waals surface area contributed by atoms with E-state index in [1.54, 1.807) is 5.56 Å². The van der Waals surface area contributed by atoms with Gasteiger partial charge in [0.05, 0.1) is 0 Å². The highest BCUT2D eigenvalue weighted by molar-refractivity contribution is 5.88. The molecule has 1 heteroatoms. The number of fused-ring (bicyclic) bond motifs is 3. The lowest BCUT2D eigenvalue weighted by atomic mass is 9.92. The first-order chi connectivity index (χ1) is 8.74. The molecule has 0 saturated heterocycles. The second kappa shape index (κ2) is 4.40. The first kappa shape index (κ1) is 11.7. The molecule has 0 aromatic heterocycles. The van der Waals surface area contributed by atoms with E-state index < -0.39 is 0 Å². The van der Waals surface area contributed by atoms with Crippen molar-refractivity contribution in [3.8, 4) is 0 Å². The molecule has 0 spiro atoms. The first-order valence-corrected chi connectivity index (χ1v) is 6.99. The maximum atomic E-state index is 3.65. The third-order valence-corrected chi connectivity index (χ3v) is 4.53. The lowest BCUT2D eigenvalue weighted by molar-refractivity contribution is 0.387. The minimum Gasteiger partial charge on any atom is -0.310 e. The van der Waals surface area contributed by atoms with Gasteiger partial charge in [0.15, 0.2) is 0 Å². The lowest BCUT2D eigenvalue weighted by Gasteiger charge is -2.19. The number of rotatable bonds is 2. The predicted molar refractivity (Wildman–Crippen MR) is 77.9 cm³/mol. The van der Waals surface area contributed by atoms with E-state index >= 15 is 0 Å². The summed E-state index contributed by atoms with van der Waals surface area (Å²) in [7, 11) is 0. The summed E-state index contributed by atoms with van der Waals surface area (Å²) < 4.78 is 0. The van der Waals surface area contributed by atoms with Crippen LogP contribution in [0.4, 0.5) is 0 Å². The van der Waals surface area contributed by atoms with Gasteiger partial charge < -0.3 is 5.32 Å². The van der Waals surface area contributed by atoms with Crippen LogP contribution in [0.3, 0.4) is 0 Å². The molecule has 1 aliphatic carbocycles. The molecule has 0 amide bonds. The van der Waals surface area contributed by atoms with E-state index in [4.69, 9.17) is 0 Å². The van der Waals surface area contributed by atoms with Crippen LogP contribution in [0.2, 0.25) is 0 Å². The molecule has 0 bridgehead atoms. The monoisotopic (exact) mass is 239 g/mol. The molecule has 0 saturated carbocycles. The van der Waals surface area contributed by atoms with Crippen LogP contribution in [0.15, 0.2) is 36.4 Å². The van der Waals surface area contributed by atoms with Crippen LogP contribution in [0, 0.1) is 5.92 Å². The maximum Gasteiger partial charge on any atom is 0.0354 e. The zero-order valence-corrected chi connectivity index (χ0v) is 11.4. The van der Waals surface area contributed by atoms with Gasteiger partial charge in [0, 0.05) is 6.04 Å². The summed E-state index contributed by atoms with van der Waals surface area (Å²) in [5, 5.41) is 6.45. The molecule has 3 rings (SSSR count). The molecule has 0 radical (unpaired) electrons. The lowest BCUT2D eigenvalue weighted by Crippen LogP contribution is -2.24. The Morgan fingerprint density at radius 2 is 1.83 bits per heavy atom. The summed E-state index contributed by atoms with van der Waals surface area (Å²) in [6.45, 7) is 7.96. The molecule has 1 aliphatic rings. The smallest absolute Gasteiger partial charge is 0.0354 e. The molecule has 3 unspecified atom stereocenters. The average Bonchev–Trinajstić information content (AvgIpc) is 2.64. The molecular weight excluding hydrogens is 218 g/mol. The normalized spacial score (nSPS) is 26.5. The van der Waals surface area contributed by atoms with Gasteiger partial charge in [-0.15, -0.1) is 0 Å². The average molecular weight is 239 g/mol. The minimum absolute atomic E-state index is 0.518. The van der Waals surface area contributed by atoms with Crippen LogP contribution in [0.5, 0.6) is 0 Å². The molecule has 0 aliphatic heterocycles. The molecule has 1 N–H and O–H groups in total. The second-order valence-corrected chi connectivity index (χ2v) is 5.47. The van der Waals surface area contributed by atoms with Gasteiger partial charge in [-0.2, -0.15) is 0 Å². The van der Waals surface area contributed by atoms with Crippen LogP contribution in [-0.4, -0.2) is 6.54 Å². The van der Waals surface area contributed by atoms with E-state index in [1.807, 2.05) is 0 Å². The molecule has 2 aromatic carbocycles. The van der Waals surface area contributed by atoms with E-state index in [2.05, 4.69) is 62.5 Å². The van der Waals surface area contributed by atoms with E-state index in [1.165, 1.54) is 16.3 Å². The van der Waals surface area contributed by atoms with Crippen LogP contribution >= 0.6 is 0 Å². The summed E-state index contributed by atoms with van der Waals surface area (Å²) in [4.78, 5) is 0. The predicted octanol–water partition coefficient (Wildman–Crippen LogP) is 4.24. The van der Waals surface area contributed by atoms with Crippen LogP contribution in [0.25, 0.3) is 10.8 Å². The van der Waals surface area contributed by atoms with Gasteiger partial charge in [-0.05, 0) is 40.3 Å². The Bertz CT molecular complexity index is 573. The summed E-state index contributed by atoms with van der Waals surface area (Å²) in [6.07, 6.45) is 0. The summed E-state index contributed by atoms with van der Waals surface area (Å²) in [6, 6.07) is 13.9. The highest BCUT2D eigenvalue weighted by Crippen LogP contribution is 2.47. The SMILES string of the molecule is CCNC1c2ccc3ccccc3c2C(C)C1C. The van der Waals surface area contributed by atoms with Crippen molar-refractivity contribution in [2.45, 2.75) is 32.7 Å². The Hall–Kier alpha value is -1.34. The third-order valence-electron chi connectivity index (χ3n) is 4.53. The fourth-order valence-corrected chi connectivity index (χ4v) is 3.44. The summed E-state index contributed by atoms with van der Waals surface area (Å²) >= 11 is 0. The van der Waals surface area contributed by atoms with Gasteiger partial charge >= 0.3 is 0 Å². The zero-order chi connectivity index (χ0) is 12.7. The Morgan fingerprint density at radius 1 is 1.06 bits per heavy atom. The molecule has 94 valence electrons. The van der Waals surface area contributed by atoms with Crippen molar-refractivity contribution in [1.29, 1.82) is 0 Å². The van der Waals surface area contributed by atoms with Crippen molar-refractivity contribution < 1.29 is 0 Å². The van der Waals surface area contributed by atoms with Crippen LogP contribution in [-0.2, 0) is 0 Å². The highest BCUT2D eigenvalue weighted by Gasteiger charge is 2.35. The Labute approximate surface area is 109 Å². The molecule has 18 heavy (non-hydrogen) atoms. The fraction of sp³-hybridized carbons (Fsp3) is 0.412. The van der Waals surface area contributed by atoms with Gasteiger partial charge in [0.25, 0.3) is 0 Å². The molecular formula is C17H21N. The number of hydrogen-bond donors (Lipinski definition) is 1. The van der Waals surface area contributed by atoms with Crippen molar-refractivity contribution in [1.82, 2.24) is 5.32 Å². The van der Waals surface area contributed by atoms with Gasteiger partial charge in [0.1, 0.15) is 0 Å². The topological polar surface area (TPSA) is 12.0 Å². The second-order valence-electron chi connectivity index (χ2n) is 5.47.